The first-order valence-corrected chi connectivity index (χ1v) is 5.16. The van der Waals surface area contributed by atoms with Crippen LogP contribution in [-0.4, -0.2) is 23.9 Å². The molecule has 1 aliphatic rings. The summed E-state index contributed by atoms with van der Waals surface area (Å²) in [7, 11) is 0. The van der Waals surface area contributed by atoms with Gasteiger partial charge in [0.25, 0.3) is 0 Å². The van der Waals surface area contributed by atoms with Gasteiger partial charge in [0.15, 0.2) is 0 Å². The number of carbonyl (C=O) groups is 1. The van der Waals surface area contributed by atoms with Crippen molar-refractivity contribution in [3.63, 3.8) is 0 Å². The molecule has 0 aromatic rings. The van der Waals surface area contributed by atoms with E-state index in [0.717, 1.165) is 19.5 Å². The van der Waals surface area contributed by atoms with Crippen molar-refractivity contribution in [2.75, 3.05) is 13.1 Å². The Morgan fingerprint density at radius 1 is 1.46 bits per heavy atom. The lowest BCUT2D eigenvalue weighted by atomic mass is 10.2. The Morgan fingerprint density at radius 3 is 2.54 bits per heavy atom. The van der Waals surface area contributed by atoms with Crippen LogP contribution >= 0.6 is 0 Å². The zero-order valence-corrected chi connectivity index (χ0v) is 8.79. The molecule has 1 saturated carbocycles. The Hall–Kier alpha value is -0.790. The van der Waals surface area contributed by atoms with Crippen molar-refractivity contribution in [1.29, 1.82) is 0 Å². The predicted molar refractivity (Wildman–Crippen MR) is 54.3 cm³/mol. The predicted octanol–water partition coefficient (Wildman–Crippen LogP) is 2.07. The van der Waals surface area contributed by atoms with Crippen LogP contribution in [-0.2, 0) is 4.79 Å². The molecular formula is C11H19NO. The fourth-order valence-corrected chi connectivity index (χ4v) is 1.73. The van der Waals surface area contributed by atoms with E-state index in [-0.39, 0.29) is 5.92 Å². The second-order valence-electron chi connectivity index (χ2n) is 3.54. The molecule has 13 heavy (non-hydrogen) atoms. The SMILES string of the molecule is C/C=C/[C@@H]1C[C@H]1C(=O)N(CC)CC. The summed E-state index contributed by atoms with van der Waals surface area (Å²) in [6.07, 6.45) is 5.24. The largest absolute Gasteiger partial charge is 0.343 e. The van der Waals surface area contributed by atoms with E-state index >= 15 is 0 Å². The van der Waals surface area contributed by atoms with Gasteiger partial charge < -0.3 is 4.90 Å². The second-order valence-corrected chi connectivity index (χ2v) is 3.54. The van der Waals surface area contributed by atoms with Crippen LogP contribution in [0.5, 0.6) is 0 Å². The van der Waals surface area contributed by atoms with Gasteiger partial charge in [0.2, 0.25) is 5.91 Å². The first-order chi connectivity index (χ1) is 6.24. The van der Waals surface area contributed by atoms with E-state index in [9.17, 15) is 4.79 Å². The van der Waals surface area contributed by atoms with Crippen LogP contribution in [0.15, 0.2) is 12.2 Å². The van der Waals surface area contributed by atoms with E-state index in [2.05, 4.69) is 6.08 Å². The van der Waals surface area contributed by atoms with Crippen LogP contribution in [0.1, 0.15) is 27.2 Å². The Kier molecular flexibility index (Phi) is 3.52. The molecule has 2 atom stereocenters. The fourth-order valence-electron chi connectivity index (χ4n) is 1.73. The average molecular weight is 181 g/mol. The molecule has 0 bridgehead atoms. The van der Waals surface area contributed by atoms with Gasteiger partial charge in [0, 0.05) is 19.0 Å². The molecule has 1 fully saturated rings. The molecule has 2 nitrogen and oxygen atoms in total. The molecule has 0 aromatic carbocycles. The fraction of sp³-hybridized carbons (Fsp3) is 0.727. The van der Waals surface area contributed by atoms with Crippen molar-refractivity contribution in [2.24, 2.45) is 11.8 Å². The van der Waals surface area contributed by atoms with E-state index in [4.69, 9.17) is 0 Å². The van der Waals surface area contributed by atoms with Crippen LogP contribution in [0.4, 0.5) is 0 Å². The Morgan fingerprint density at radius 2 is 2.08 bits per heavy atom. The Bertz CT molecular complexity index is 206. The zero-order valence-electron chi connectivity index (χ0n) is 8.79. The van der Waals surface area contributed by atoms with Crippen molar-refractivity contribution < 1.29 is 4.79 Å². The number of hydrogen-bond donors (Lipinski definition) is 0. The quantitative estimate of drug-likeness (QED) is 0.608. The van der Waals surface area contributed by atoms with Gasteiger partial charge in [-0.25, -0.2) is 0 Å². The first-order valence-electron chi connectivity index (χ1n) is 5.16. The minimum atomic E-state index is 0.288. The van der Waals surface area contributed by atoms with Crippen molar-refractivity contribution in [3.05, 3.63) is 12.2 Å². The summed E-state index contributed by atoms with van der Waals surface area (Å²) in [6.45, 7) is 7.77. The Balaban J connectivity index is 2.42. The van der Waals surface area contributed by atoms with Crippen molar-refractivity contribution >= 4 is 5.91 Å². The van der Waals surface area contributed by atoms with E-state index in [0.29, 0.717) is 11.8 Å². The van der Waals surface area contributed by atoms with Crippen molar-refractivity contribution in [3.8, 4) is 0 Å². The Labute approximate surface area is 80.6 Å². The molecule has 2 heteroatoms. The summed E-state index contributed by atoms with van der Waals surface area (Å²) in [4.78, 5) is 13.7. The normalized spacial score (nSPS) is 26.4. The van der Waals surface area contributed by atoms with Crippen LogP contribution in [0.2, 0.25) is 0 Å². The summed E-state index contributed by atoms with van der Waals surface area (Å²) in [5, 5.41) is 0. The molecule has 0 N–H and O–H groups in total. The molecule has 0 heterocycles. The zero-order chi connectivity index (χ0) is 9.84. The molecule has 0 aromatic heterocycles. The highest BCUT2D eigenvalue weighted by molar-refractivity contribution is 5.82. The maximum absolute atomic E-state index is 11.7. The summed E-state index contributed by atoms with van der Waals surface area (Å²) in [5.74, 6) is 1.15. The molecule has 0 spiro atoms. The molecule has 0 radical (unpaired) electrons. The van der Waals surface area contributed by atoms with Crippen LogP contribution in [0, 0.1) is 11.8 Å². The monoisotopic (exact) mass is 181 g/mol. The molecule has 0 unspecified atom stereocenters. The third kappa shape index (κ3) is 2.33. The van der Waals surface area contributed by atoms with Gasteiger partial charge in [-0.1, -0.05) is 12.2 Å². The molecule has 0 saturated heterocycles. The highest BCUT2D eigenvalue weighted by Gasteiger charge is 2.42. The molecule has 0 aliphatic heterocycles. The topological polar surface area (TPSA) is 20.3 Å². The number of nitrogens with zero attached hydrogens (tertiary/aromatic N) is 1. The highest BCUT2D eigenvalue weighted by atomic mass is 16.2. The number of amides is 1. The maximum Gasteiger partial charge on any atom is 0.226 e. The second kappa shape index (κ2) is 4.45. The standard InChI is InChI=1S/C11H19NO/c1-4-7-9-8-10(9)11(13)12(5-2)6-3/h4,7,9-10H,5-6,8H2,1-3H3/b7-4+/t9-,10-/m1/s1. The summed E-state index contributed by atoms with van der Waals surface area (Å²) in [5.41, 5.74) is 0. The lowest BCUT2D eigenvalue weighted by Crippen LogP contribution is -2.32. The minimum Gasteiger partial charge on any atom is -0.343 e. The smallest absolute Gasteiger partial charge is 0.226 e. The summed E-state index contributed by atoms with van der Waals surface area (Å²) < 4.78 is 0. The molecule has 1 amide bonds. The van der Waals surface area contributed by atoms with Gasteiger partial charge in [-0.2, -0.15) is 0 Å². The lowest BCUT2D eigenvalue weighted by Gasteiger charge is -2.18. The van der Waals surface area contributed by atoms with Gasteiger partial charge >= 0.3 is 0 Å². The summed E-state index contributed by atoms with van der Waals surface area (Å²) in [6, 6.07) is 0. The van der Waals surface area contributed by atoms with E-state index < -0.39 is 0 Å². The summed E-state index contributed by atoms with van der Waals surface area (Å²) >= 11 is 0. The number of allylic oxidation sites excluding steroid dienone is 2. The van der Waals surface area contributed by atoms with Crippen LogP contribution in [0.25, 0.3) is 0 Å². The first kappa shape index (κ1) is 10.3. The van der Waals surface area contributed by atoms with E-state index in [1.807, 2.05) is 31.7 Å². The van der Waals surface area contributed by atoms with Gasteiger partial charge in [-0.05, 0) is 33.1 Å². The minimum absolute atomic E-state index is 0.288. The maximum atomic E-state index is 11.7. The van der Waals surface area contributed by atoms with Gasteiger partial charge in [0.1, 0.15) is 0 Å². The van der Waals surface area contributed by atoms with E-state index in [1.54, 1.807) is 0 Å². The third-order valence-corrected chi connectivity index (χ3v) is 2.67. The molecule has 1 rings (SSSR count). The molecule has 74 valence electrons. The number of hydrogen-bond acceptors (Lipinski definition) is 1. The van der Waals surface area contributed by atoms with Gasteiger partial charge in [-0.3, -0.25) is 4.79 Å². The molecule has 1 aliphatic carbocycles. The number of rotatable bonds is 4. The highest BCUT2D eigenvalue weighted by Crippen LogP contribution is 2.40. The van der Waals surface area contributed by atoms with Gasteiger partial charge in [-0.15, -0.1) is 0 Å². The number of carbonyl (C=O) groups excluding carboxylic acids is 1. The van der Waals surface area contributed by atoms with Crippen LogP contribution < -0.4 is 0 Å². The molecular weight excluding hydrogens is 162 g/mol. The van der Waals surface area contributed by atoms with Crippen molar-refractivity contribution in [1.82, 2.24) is 4.90 Å². The lowest BCUT2D eigenvalue weighted by molar-refractivity contribution is -0.132. The average Bonchev–Trinajstić information content (AvgIpc) is 2.87. The van der Waals surface area contributed by atoms with Crippen LogP contribution in [0.3, 0.4) is 0 Å². The van der Waals surface area contributed by atoms with E-state index in [1.165, 1.54) is 0 Å². The third-order valence-electron chi connectivity index (χ3n) is 2.67. The van der Waals surface area contributed by atoms with Gasteiger partial charge in [0.05, 0.1) is 0 Å². The van der Waals surface area contributed by atoms with Crippen molar-refractivity contribution in [2.45, 2.75) is 27.2 Å².